The SMILES string of the molecule is C/C(=C/S(=O)(=O)c1ccc(C)cc1)B1OC(C)(C)C(C)(C)O1. The summed E-state index contributed by atoms with van der Waals surface area (Å²) >= 11 is 0. The molecule has 1 aliphatic heterocycles. The van der Waals surface area contributed by atoms with Gasteiger partial charge >= 0.3 is 7.12 Å². The van der Waals surface area contributed by atoms with Gasteiger partial charge in [0.05, 0.1) is 16.1 Å². The highest BCUT2D eigenvalue weighted by Gasteiger charge is 2.51. The third-order valence-corrected chi connectivity index (χ3v) is 5.93. The number of sulfone groups is 1. The second-order valence-corrected chi connectivity index (χ2v) is 8.61. The van der Waals surface area contributed by atoms with Gasteiger partial charge in [0.2, 0.25) is 0 Å². The van der Waals surface area contributed by atoms with E-state index in [4.69, 9.17) is 9.31 Å². The van der Waals surface area contributed by atoms with Crippen LogP contribution in [-0.2, 0) is 19.1 Å². The normalized spacial score (nSPS) is 21.2. The molecular formula is C16H23BO4S. The zero-order valence-electron chi connectivity index (χ0n) is 14.0. The summed E-state index contributed by atoms with van der Waals surface area (Å²) in [5.41, 5.74) is 0.589. The predicted octanol–water partition coefficient (Wildman–Crippen LogP) is 3.30. The van der Waals surface area contributed by atoms with Crippen molar-refractivity contribution in [3.63, 3.8) is 0 Å². The molecule has 4 nitrogen and oxygen atoms in total. The van der Waals surface area contributed by atoms with Crippen molar-refractivity contribution in [1.82, 2.24) is 0 Å². The summed E-state index contributed by atoms with van der Waals surface area (Å²) in [6, 6.07) is 6.78. The van der Waals surface area contributed by atoms with Crippen LogP contribution < -0.4 is 0 Å². The van der Waals surface area contributed by atoms with Gasteiger partial charge in [-0.3, -0.25) is 0 Å². The molecule has 0 aromatic heterocycles. The first kappa shape index (κ1) is 17.3. The zero-order chi connectivity index (χ0) is 16.8. The number of rotatable bonds is 3. The Kier molecular flexibility index (Phi) is 4.32. The van der Waals surface area contributed by atoms with Gasteiger partial charge in [-0.05, 0) is 59.1 Å². The molecule has 0 amide bonds. The van der Waals surface area contributed by atoms with E-state index in [1.165, 1.54) is 5.41 Å². The van der Waals surface area contributed by atoms with Crippen LogP contribution in [0.2, 0.25) is 0 Å². The lowest BCUT2D eigenvalue weighted by Gasteiger charge is -2.32. The van der Waals surface area contributed by atoms with E-state index in [-0.39, 0.29) is 4.90 Å². The number of benzene rings is 1. The maximum atomic E-state index is 12.4. The molecule has 0 bridgehead atoms. The lowest BCUT2D eigenvalue weighted by atomic mass is 9.81. The fourth-order valence-corrected chi connectivity index (χ4v) is 3.38. The topological polar surface area (TPSA) is 52.6 Å². The van der Waals surface area contributed by atoms with Crippen LogP contribution in [0.3, 0.4) is 0 Å². The second kappa shape index (κ2) is 5.51. The summed E-state index contributed by atoms with van der Waals surface area (Å²) in [6.45, 7) is 11.4. The fraction of sp³-hybridized carbons (Fsp3) is 0.500. The van der Waals surface area contributed by atoms with E-state index in [1.807, 2.05) is 34.6 Å². The van der Waals surface area contributed by atoms with Crippen LogP contribution in [0.15, 0.2) is 40.0 Å². The van der Waals surface area contributed by atoms with E-state index in [1.54, 1.807) is 31.2 Å². The van der Waals surface area contributed by atoms with E-state index in [0.717, 1.165) is 5.56 Å². The Morgan fingerprint density at radius 2 is 1.50 bits per heavy atom. The van der Waals surface area contributed by atoms with Gasteiger partial charge in [-0.25, -0.2) is 8.42 Å². The van der Waals surface area contributed by atoms with Crippen molar-refractivity contribution < 1.29 is 17.7 Å². The van der Waals surface area contributed by atoms with Crippen LogP contribution in [0, 0.1) is 6.92 Å². The molecule has 1 fully saturated rings. The van der Waals surface area contributed by atoms with Gasteiger partial charge in [-0.2, -0.15) is 0 Å². The molecular weight excluding hydrogens is 299 g/mol. The van der Waals surface area contributed by atoms with Crippen molar-refractivity contribution >= 4 is 17.0 Å². The highest BCUT2D eigenvalue weighted by Crippen LogP contribution is 2.38. The Bertz CT molecular complexity index is 671. The van der Waals surface area contributed by atoms with Crippen LogP contribution in [0.25, 0.3) is 0 Å². The quantitative estimate of drug-likeness (QED) is 0.801. The molecule has 22 heavy (non-hydrogen) atoms. The standard InChI is InChI=1S/C16H23BO4S/c1-12-7-9-14(10-8-12)22(18,19)11-13(2)17-20-15(3,4)16(5,6)21-17/h7-11H,1-6H3/b13-11-. The Labute approximate surface area is 133 Å². The highest BCUT2D eigenvalue weighted by atomic mass is 32.2. The first-order valence-electron chi connectivity index (χ1n) is 7.30. The molecule has 0 spiro atoms. The fourth-order valence-electron chi connectivity index (χ4n) is 2.13. The van der Waals surface area contributed by atoms with Crippen LogP contribution in [0.4, 0.5) is 0 Å². The summed E-state index contributed by atoms with van der Waals surface area (Å²) < 4.78 is 36.6. The number of hydrogen-bond donors (Lipinski definition) is 0. The molecule has 1 heterocycles. The summed E-state index contributed by atoms with van der Waals surface area (Å²) in [5.74, 6) is 0. The molecule has 0 saturated carbocycles. The second-order valence-electron chi connectivity index (χ2n) is 6.81. The maximum absolute atomic E-state index is 12.4. The van der Waals surface area contributed by atoms with E-state index in [9.17, 15) is 8.42 Å². The predicted molar refractivity (Wildman–Crippen MR) is 88.2 cm³/mol. The molecule has 120 valence electrons. The lowest BCUT2D eigenvalue weighted by molar-refractivity contribution is 0.00578. The van der Waals surface area contributed by atoms with Crippen molar-refractivity contribution in [3.05, 3.63) is 40.7 Å². The van der Waals surface area contributed by atoms with Crippen molar-refractivity contribution in [2.24, 2.45) is 0 Å². The van der Waals surface area contributed by atoms with Gasteiger partial charge in [0, 0.05) is 5.41 Å². The van der Waals surface area contributed by atoms with Crippen molar-refractivity contribution in [2.45, 2.75) is 57.6 Å². The first-order valence-corrected chi connectivity index (χ1v) is 8.85. The maximum Gasteiger partial charge on any atom is 0.490 e. The third-order valence-electron chi connectivity index (χ3n) is 4.32. The van der Waals surface area contributed by atoms with Gasteiger partial charge in [0.25, 0.3) is 0 Å². The van der Waals surface area contributed by atoms with Crippen molar-refractivity contribution in [1.29, 1.82) is 0 Å². The van der Waals surface area contributed by atoms with E-state index in [0.29, 0.717) is 5.47 Å². The number of allylic oxidation sites excluding steroid dienone is 1. The Balaban J connectivity index is 2.28. The summed E-state index contributed by atoms with van der Waals surface area (Å²) in [5, 5.41) is 1.24. The van der Waals surface area contributed by atoms with Gasteiger partial charge < -0.3 is 9.31 Å². The third kappa shape index (κ3) is 3.29. The number of hydrogen-bond acceptors (Lipinski definition) is 4. The summed E-state index contributed by atoms with van der Waals surface area (Å²) in [4.78, 5) is 0.272. The smallest absolute Gasteiger partial charge is 0.400 e. The van der Waals surface area contributed by atoms with Crippen LogP contribution in [0.5, 0.6) is 0 Å². The average Bonchev–Trinajstić information content (AvgIpc) is 2.58. The minimum absolute atomic E-state index is 0.272. The van der Waals surface area contributed by atoms with Gasteiger partial charge in [-0.15, -0.1) is 0 Å². The largest absolute Gasteiger partial charge is 0.490 e. The zero-order valence-corrected chi connectivity index (χ0v) is 14.8. The summed E-state index contributed by atoms with van der Waals surface area (Å²) in [7, 11) is -4.16. The monoisotopic (exact) mass is 322 g/mol. The van der Waals surface area contributed by atoms with E-state index < -0.39 is 28.2 Å². The van der Waals surface area contributed by atoms with E-state index in [2.05, 4.69) is 0 Å². The molecule has 0 aliphatic carbocycles. The average molecular weight is 322 g/mol. The Morgan fingerprint density at radius 1 is 1.05 bits per heavy atom. The molecule has 0 N–H and O–H groups in total. The number of aryl methyl sites for hydroxylation is 1. The van der Waals surface area contributed by atoms with E-state index >= 15 is 0 Å². The molecule has 1 aromatic carbocycles. The van der Waals surface area contributed by atoms with Gasteiger partial charge in [0.15, 0.2) is 9.84 Å². The molecule has 6 heteroatoms. The molecule has 1 saturated heterocycles. The molecule has 0 radical (unpaired) electrons. The first-order chi connectivity index (χ1) is 9.95. The minimum atomic E-state index is -3.51. The van der Waals surface area contributed by atoms with Crippen molar-refractivity contribution in [3.8, 4) is 0 Å². The van der Waals surface area contributed by atoms with Gasteiger partial charge in [0.1, 0.15) is 0 Å². The van der Waals surface area contributed by atoms with Crippen LogP contribution in [0.1, 0.15) is 40.2 Å². The minimum Gasteiger partial charge on any atom is -0.400 e. The van der Waals surface area contributed by atoms with Crippen LogP contribution >= 0.6 is 0 Å². The van der Waals surface area contributed by atoms with Crippen molar-refractivity contribution in [2.75, 3.05) is 0 Å². The van der Waals surface area contributed by atoms with Crippen LogP contribution in [-0.4, -0.2) is 26.7 Å². The highest BCUT2D eigenvalue weighted by molar-refractivity contribution is 7.94. The van der Waals surface area contributed by atoms with Gasteiger partial charge in [-0.1, -0.05) is 17.7 Å². The summed E-state index contributed by atoms with van der Waals surface area (Å²) in [6.07, 6.45) is 0. The Morgan fingerprint density at radius 3 is 1.95 bits per heavy atom. The molecule has 0 atom stereocenters. The molecule has 2 rings (SSSR count). The molecule has 1 aromatic rings. The Hall–Kier alpha value is -1.11. The molecule has 1 aliphatic rings. The lowest BCUT2D eigenvalue weighted by Crippen LogP contribution is -2.41. The molecule has 0 unspecified atom stereocenters.